The highest BCUT2D eigenvalue weighted by Gasteiger charge is 2.18. The van der Waals surface area contributed by atoms with Crippen LogP contribution in [0.1, 0.15) is 24.5 Å². The molecule has 1 aromatic carbocycles. The van der Waals surface area contributed by atoms with E-state index < -0.39 is 0 Å². The summed E-state index contributed by atoms with van der Waals surface area (Å²) in [6.07, 6.45) is 0. The molecule has 0 saturated carbocycles. The smallest absolute Gasteiger partial charge is 0.295 e. The van der Waals surface area contributed by atoms with Crippen LogP contribution >= 0.6 is 0 Å². The van der Waals surface area contributed by atoms with Crippen LogP contribution in [0.3, 0.4) is 0 Å². The molecule has 1 heterocycles. The zero-order chi connectivity index (χ0) is 13.0. The summed E-state index contributed by atoms with van der Waals surface area (Å²) >= 11 is 0. The Hall–Kier alpha value is -2.24. The summed E-state index contributed by atoms with van der Waals surface area (Å²) in [6.45, 7) is 5.11. The van der Waals surface area contributed by atoms with Crippen molar-refractivity contribution >= 4 is 5.91 Å². The first-order valence-electron chi connectivity index (χ1n) is 5.91. The number of tetrazole rings is 1. The molecule has 2 rings (SSSR count). The SMILES string of the molecule is CCN(CC)C(=O)c1nnn(-c2ccccc2)n1. The van der Waals surface area contributed by atoms with E-state index in [1.54, 1.807) is 4.90 Å². The summed E-state index contributed by atoms with van der Waals surface area (Å²) in [7, 11) is 0. The van der Waals surface area contributed by atoms with Crippen molar-refractivity contribution in [3.8, 4) is 5.69 Å². The summed E-state index contributed by atoms with van der Waals surface area (Å²) in [6, 6.07) is 9.37. The maximum absolute atomic E-state index is 12.0. The van der Waals surface area contributed by atoms with Crippen LogP contribution in [0.25, 0.3) is 5.69 Å². The molecule has 0 N–H and O–H groups in total. The molecule has 0 aliphatic heterocycles. The number of carbonyl (C=O) groups excluding carboxylic acids is 1. The van der Waals surface area contributed by atoms with Crippen LogP contribution in [-0.2, 0) is 0 Å². The van der Waals surface area contributed by atoms with Gasteiger partial charge in [0.15, 0.2) is 0 Å². The molecule has 0 aliphatic rings. The van der Waals surface area contributed by atoms with Gasteiger partial charge in [-0.05, 0) is 31.2 Å². The van der Waals surface area contributed by atoms with E-state index in [-0.39, 0.29) is 11.7 Å². The highest BCUT2D eigenvalue weighted by Crippen LogP contribution is 2.04. The third kappa shape index (κ3) is 2.37. The van der Waals surface area contributed by atoms with Gasteiger partial charge in [0, 0.05) is 13.1 Å². The van der Waals surface area contributed by atoms with Gasteiger partial charge in [0.05, 0.1) is 5.69 Å². The molecule has 18 heavy (non-hydrogen) atoms. The Labute approximate surface area is 105 Å². The molecule has 0 aliphatic carbocycles. The topological polar surface area (TPSA) is 63.9 Å². The van der Waals surface area contributed by atoms with Gasteiger partial charge in [-0.1, -0.05) is 18.2 Å². The average Bonchev–Trinajstić information content (AvgIpc) is 2.90. The largest absolute Gasteiger partial charge is 0.336 e. The lowest BCUT2D eigenvalue weighted by molar-refractivity contribution is 0.0760. The Morgan fingerprint density at radius 2 is 1.89 bits per heavy atom. The van der Waals surface area contributed by atoms with E-state index in [2.05, 4.69) is 15.4 Å². The van der Waals surface area contributed by atoms with E-state index in [0.717, 1.165) is 5.69 Å². The standard InChI is InChI=1S/C12H15N5O/c1-3-16(4-2)12(18)11-13-15-17(14-11)10-8-6-5-7-9-10/h5-9H,3-4H2,1-2H3. The van der Waals surface area contributed by atoms with Gasteiger partial charge in [-0.3, -0.25) is 4.79 Å². The number of carbonyl (C=O) groups is 1. The molecule has 2 aromatic rings. The number of benzene rings is 1. The number of aromatic nitrogens is 4. The van der Waals surface area contributed by atoms with Crippen molar-refractivity contribution in [2.45, 2.75) is 13.8 Å². The third-order valence-electron chi connectivity index (χ3n) is 2.64. The molecule has 0 unspecified atom stereocenters. The Kier molecular flexibility index (Phi) is 3.66. The Morgan fingerprint density at radius 3 is 2.50 bits per heavy atom. The molecular formula is C12H15N5O. The second kappa shape index (κ2) is 5.39. The molecule has 94 valence electrons. The lowest BCUT2D eigenvalue weighted by atomic mass is 10.3. The summed E-state index contributed by atoms with van der Waals surface area (Å²) in [5.41, 5.74) is 0.781. The molecule has 0 saturated heterocycles. The fraction of sp³-hybridized carbons (Fsp3) is 0.333. The molecule has 0 bridgehead atoms. The lowest BCUT2D eigenvalue weighted by Crippen LogP contribution is -2.31. The maximum Gasteiger partial charge on any atom is 0.295 e. The monoisotopic (exact) mass is 245 g/mol. The van der Waals surface area contributed by atoms with Crippen molar-refractivity contribution < 1.29 is 4.79 Å². The lowest BCUT2D eigenvalue weighted by Gasteiger charge is -2.15. The summed E-state index contributed by atoms with van der Waals surface area (Å²) < 4.78 is 0. The summed E-state index contributed by atoms with van der Waals surface area (Å²) in [5, 5.41) is 11.8. The number of rotatable bonds is 4. The third-order valence-corrected chi connectivity index (χ3v) is 2.64. The number of para-hydroxylation sites is 1. The fourth-order valence-corrected chi connectivity index (χ4v) is 1.62. The number of hydrogen-bond donors (Lipinski definition) is 0. The molecule has 1 amide bonds. The van der Waals surface area contributed by atoms with Gasteiger partial charge in [-0.2, -0.15) is 0 Å². The van der Waals surface area contributed by atoms with Gasteiger partial charge >= 0.3 is 0 Å². The zero-order valence-corrected chi connectivity index (χ0v) is 10.4. The van der Waals surface area contributed by atoms with Gasteiger partial charge in [0.1, 0.15) is 0 Å². The van der Waals surface area contributed by atoms with E-state index in [1.807, 2.05) is 44.2 Å². The Balaban J connectivity index is 2.23. The first kappa shape index (κ1) is 12.2. The van der Waals surface area contributed by atoms with Crippen LogP contribution in [0.15, 0.2) is 30.3 Å². The van der Waals surface area contributed by atoms with Crippen molar-refractivity contribution in [3.63, 3.8) is 0 Å². The van der Waals surface area contributed by atoms with E-state index in [1.165, 1.54) is 4.80 Å². The van der Waals surface area contributed by atoms with Gasteiger partial charge in [-0.15, -0.1) is 15.0 Å². The van der Waals surface area contributed by atoms with Crippen LogP contribution in [-0.4, -0.2) is 44.1 Å². The minimum atomic E-state index is -0.192. The number of hydrogen-bond acceptors (Lipinski definition) is 4. The maximum atomic E-state index is 12.0. The predicted molar refractivity (Wildman–Crippen MR) is 66.4 cm³/mol. The second-order valence-corrected chi connectivity index (χ2v) is 3.72. The van der Waals surface area contributed by atoms with Crippen molar-refractivity contribution in [2.75, 3.05) is 13.1 Å². The minimum Gasteiger partial charge on any atom is -0.336 e. The van der Waals surface area contributed by atoms with E-state index in [4.69, 9.17) is 0 Å². The normalized spacial score (nSPS) is 10.3. The van der Waals surface area contributed by atoms with Crippen molar-refractivity contribution in [2.24, 2.45) is 0 Å². The molecular weight excluding hydrogens is 230 g/mol. The second-order valence-electron chi connectivity index (χ2n) is 3.72. The fourth-order valence-electron chi connectivity index (χ4n) is 1.62. The quantitative estimate of drug-likeness (QED) is 0.810. The number of amides is 1. The summed E-state index contributed by atoms with van der Waals surface area (Å²) in [4.78, 5) is 15.0. The van der Waals surface area contributed by atoms with Crippen LogP contribution in [0.5, 0.6) is 0 Å². The molecule has 1 aromatic heterocycles. The van der Waals surface area contributed by atoms with Crippen molar-refractivity contribution in [3.05, 3.63) is 36.2 Å². The van der Waals surface area contributed by atoms with Gasteiger partial charge in [0.25, 0.3) is 11.7 Å². The number of nitrogens with zero attached hydrogens (tertiary/aromatic N) is 5. The Bertz CT molecular complexity index is 518. The van der Waals surface area contributed by atoms with Crippen LogP contribution in [0.4, 0.5) is 0 Å². The zero-order valence-electron chi connectivity index (χ0n) is 10.4. The highest BCUT2D eigenvalue weighted by atomic mass is 16.2. The van der Waals surface area contributed by atoms with Crippen molar-refractivity contribution in [1.82, 2.24) is 25.1 Å². The molecule has 6 heteroatoms. The molecule has 0 radical (unpaired) electrons. The van der Waals surface area contributed by atoms with Gasteiger partial charge in [0.2, 0.25) is 0 Å². The van der Waals surface area contributed by atoms with Crippen LogP contribution < -0.4 is 0 Å². The van der Waals surface area contributed by atoms with Gasteiger partial charge in [-0.25, -0.2) is 0 Å². The molecule has 6 nitrogen and oxygen atoms in total. The minimum absolute atomic E-state index is 0.127. The first-order valence-corrected chi connectivity index (χ1v) is 5.91. The highest BCUT2D eigenvalue weighted by molar-refractivity contribution is 5.90. The molecule has 0 spiro atoms. The predicted octanol–water partition coefficient (Wildman–Crippen LogP) is 1.14. The van der Waals surface area contributed by atoms with Gasteiger partial charge < -0.3 is 4.90 Å². The van der Waals surface area contributed by atoms with E-state index in [9.17, 15) is 4.79 Å². The first-order chi connectivity index (χ1) is 8.76. The summed E-state index contributed by atoms with van der Waals surface area (Å²) in [5.74, 6) is -0.0651. The average molecular weight is 245 g/mol. The van der Waals surface area contributed by atoms with Crippen LogP contribution in [0.2, 0.25) is 0 Å². The van der Waals surface area contributed by atoms with E-state index >= 15 is 0 Å². The molecule has 0 fully saturated rings. The Morgan fingerprint density at radius 1 is 1.22 bits per heavy atom. The van der Waals surface area contributed by atoms with Crippen molar-refractivity contribution in [1.29, 1.82) is 0 Å². The van der Waals surface area contributed by atoms with Crippen LogP contribution in [0, 0.1) is 0 Å². The molecule has 0 atom stereocenters. The van der Waals surface area contributed by atoms with E-state index in [0.29, 0.717) is 13.1 Å².